The first-order chi connectivity index (χ1) is 12.7. The highest BCUT2D eigenvalue weighted by Gasteiger charge is 2.17. The fourth-order valence-corrected chi connectivity index (χ4v) is 3.36. The Kier molecular flexibility index (Phi) is 6.61. The zero-order chi connectivity index (χ0) is 18.2. The van der Waals surface area contributed by atoms with E-state index in [4.69, 9.17) is 0 Å². The van der Waals surface area contributed by atoms with Crippen molar-refractivity contribution < 1.29 is 4.39 Å². The molecule has 0 bridgehead atoms. The first kappa shape index (κ1) is 18.4. The molecule has 1 fully saturated rings. The number of nitrogens with zero attached hydrogens (tertiary/aromatic N) is 1. The molecule has 1 heterocycles. The van der Waals surface area contributed by atoms with Crippen LogP contribution < -0.4 is 0 Å². The van der Waals surface area contributed by atoms with Gasteiger partial charge in [0, 0.05) is 23.2 Å². The van der Waals surface area contributed by atoms with Crippen LogP contribution in [0.5, 0.6) is 0 Å². The van der Waals surface area contributed by atoms with Crippen LogP contribution in [-0.4, -0.2) is 4.98 Å². The summed E-state index contributed by atoms with van der Waals surface area (Å²) in [5.74, 6) is 7.73. The summed E-state index contributed by atoms with van der Waals surface area (Å²) in [6, 6.07) is 10.4. The summed E-state index contributed by atoms with van der Waals surface area (Å²) in [6.07, 6.45) is 13.9. The van der Waals surface area contributed by atoms with Gasteiger partial charge in [0.1, 0.15) is 5.82 Å². The minimum absolute atomic E-state index is 0.230. The van der Waals surface area contributed by atoms with Crippen LogP contribution in [0.2, 0.25) is 0 Å². The molecule has 26 heavy (non-hydrogen) atoms. The third kappa shape index (κ3) is 5.30. The van der Waals surface area contributed by atoms with E-state index in [1.807, 2.05) is 18.3 Å². The van der Waals surface area contributed by atoms with Crippen LogP contribution in [0.15, 0.2) is 54.7 Å². The maximum Gasteiger partial charge on any atom is 0.123 e. The molecule has 0 N–H and O–H groups in total. The average Bonchev–Trinajstić information content (AvgIpc) is 2.69. The van der Waals surface area contributed by atoms with Gasteiger partial charge in [-0.15, -0.1) is 0 Å². The summed E-state index contributed by atoms with van der Waals surface area (Å²) < 4.78 is 13.0. The Balaban J connectivity index is 1.55. The molecule has 2 heteroatoms. The van der Waals surface area contributed by atoms with Crippen molar-refractivity contribution in [2.75, 3.05) is 0 Å². The maximum atomic E-state index is 13.0. The predicted octanol–water partition coefficient (Wildman–Crippen LogP) is 6.40. The molecule has 1 saturated carbocycles. The molecule has 1 aliphatic rings. The number of unbranched alkanes of at least 4 members (excludes halogenated alkanes) is 1. The minimum Gasteiger partial charge on any atom is -0.255 e. The van der Waals surface area contributed by atoms with Crippen molar-refractivity contribution in [3.63, 3.8) is 0 Å². The Morgan fingerprint density at radius 3 is 2.50 bits per heavy atom. The fraction of sp³-hybridized carbons (Fsp3) is 0.375. The molecular formula is C24H26FN. The molecule has 0 atom stereocenters. The highest BCUT2D eigenvalue weighted by molar-refractivity contribution is 5.59. The summed E-state index contributed by atoms with van der Waals surface area (Å²) in [6.45, 7) is 2.22. The predicted molar refractivity (Wildman–Crippen MR) is 106 cm³/mol. The lowest BCUT2D eigenvalue weighted by Gasteiger charge is -2.23. The molecule has 1 nitrogen and oxygen atoms in total. The van der Waals surface area contributed by atoms with Gasteiger partial charge in [0.15, 0.2) is 0 Å². The summed E-state index contributed by atoms with van der Waals surface area (Å²) in [5.41, 5.74) is 2.70. The number of halogens is 1. The fourth-order valence-electron chi connectivity index (χ4n) is 3.36. The van der Waals surface area contributed by atoms with Crippen molar-refractivity contribution in [2.45, 2.75) is 45.4 Å². The first-order valence-corrected chi connectivity index (χ1v) is 9.65. The second kappa shape index (κ2) is 9.34. The average molecular weight is 347 g/mol. The minimum atomic E-state index is -0.230. The molecule has 1 aromatic heterocycles. The van der Waals surface area contributed by atoms with E-state index in [0.717, 1.165) is 22.7 Å². The molecule has 1 aliphatic carbocycles. The molecule has 134 valence electrons. The van der Waals surface area contributed by atoms with Gasteiger partial charge in [0.2, 0.25) is 0 Å². The van der Waals surface area contributed by atoms with Crippen molar-refractivity contribution in [3.05, 3.63) is 66.1 Å². The summed E-state index contributed by atoms with van der Waals surface area (Å²) in [4.78, 5) is 4.46. The molecule has 0 aliphatic heterocycles. The number of pyridine rings is 1. The molecule has 0 amide bonds. The highest BCUT2D eigenvalue weighted by Crippen LogP contribution is 2.29. The Hall–Kier alpha value is -2.40. The molecule has 0 spiro atoms. The topological polar surface area (TPSA) is 12.9 Å². The summed E-state index contributed by atoms with van der Waals surface area (Å²) >= 11 is 0. The Labute approximate surface area is 156 Å². The summed E-state index contributed by atoms with van der Waals surface area (Å²) in [7, 11) is 0. The van der Waals surface area contributed by atoms with E-state index in [0.29, 0.717) is 5.92 Å². The molecule has 0 unspecified atom stereocenters. The number of aromatic nitrogens is 1. The molecule has 0 saturated heterocycles. The quantitative estimate of drug-likeness (QED) is 0.460. The number of hydrogen-bond acceptors (Lipinski definition) is 1. The third-order valence-corrected chi connectivity index (χ3v) is 4.96. The van der Waals surface area contributed by atoms with Crippen LogP contribution >= 0.6 is 0 Å². The molecule has 0 radical (unpaired) electrons. The summed E-state index contributed by atoms with van der Waals surface area (Å²) in [5, 5.41) is 0. The SMILES string of the molecule is CCC/C=C/C1CCC(C#Cc2ccc(-c3ccc(F)cc3)nc2)CC1. The van der Waals surface area contributed by atoms with Crippen molar-refractivity contribution in [1.82, 2.24) is 4.98 Å². The van der Waals surface area contributed by atoms with E-state index in [9.17, 15) is 4.39 Å². The first-order valence-electron chi connectivity index (χ1n) is 9.65. The van der Waals surface area contributed by atoms with E-state index in [1.54, 1.807) is 12.1 Å². The second-order valence-corrected chi connectivity index (χ2v) is 7.04. The molecule has 2 aromatic rings. The highest BCUT2D eigenvalue weighted by atomic mass is 19.1. The monoisotopic (exact) mass is 347 g/mol. The number of benzene rings is 1. The zero-order valence-corrected chi connectivity index (χ0v) is 15.4. The van der Waals surface area contributed by atoms with Gasteiger partial charge in [-0.2, -0.15) is 0 Å². The lowest BCUT2D eigenvalue weighted by Crippen LogP contribution is -2.11. The van der Waals surface area contributed by atoms with Gasteiger partial charge in [0.05, 0.1) is 5.69 Å². The third-order valence-electron chi connectivity index (χ3n) is 4.96. The smallest absolute Gasteiger partial charge is 0.123 e. The lowest BCUT2D eigenvalue weighted by molar-refractivity contribution is 0.364. The van der Waals surface area contributed by atoms with Crippen molar-refractivity contribution in [2.24, 2.45) is 11.8 Å². The molecular weight excluding hydrogens is 321 g/mol. The van der Waals surface area contributed by atoms with E-state index < -0.39 is 0 Å². The second-order valence-electron chi connectivity index (χ2n) is 7.04. The lowest BCUT2D eigenvalue weighted by atomic mass is 9.82. The molecule has 3 rings (SSSR count). The van der Waals surface area contributed by atoms with Gasteiger partial charge < -0.3 is 0 Å². The normalized spacial score (nSPS) is 19.9. The van der Waals surface area contributed by atoms with Gasteiger partial charge in [-0.1, -0.05) is 37.3 Å². The van der Waals surface area contributed by atoms with E-state index in [-0.39, 0.29) is 5.82 Å². The Morgan fingerprint density at radius 1 is 1.08 bits per heavy atom. The Bertz CT molecular complexity index is 770. The van der Waals surface area contributed by atoms with Crippen LogP contribution in [0.4, 0.5) is 4.39 Å². The number of hydrogen-bond donors (Lipinski definition) is 0. The van der Waals surface area contributed by atoms with Crippen molar-refractivity contribution >= 4 is 0 Å². The van der Waals surface area contributed by atoms with E-state index >= 15 is 0 Å². The molecule has 1 aromatic carbocycles. The van der Waals surface area contributed by atoms with Crippen LogP contribution in [0.1, 0.15) is 51.0 Å². The van der Waals surface area contributed by atoms with Gasteiger partial charge in [-0.25, -0.2) is 4.39 Å². The number of allylic oxidation sites excluding steroid dienone is 2. The van der Waals surface area contributed by atoms with Crippen molar-refractivity contribution in [1.29, 1.82) is 0 Å². The maximum absolute atomic E-state index is 13.0. The Morgan fingerprint density at radius 2 is 1.85 bits per heavy atom. The van der Waals surface area contributed by atoms with E-state index in [2.05, 4.69) is 35.9 Å². The van der Waals surface area contributed by atoms with Crippen LogP contribution in [0.3, 0.4) is 0 Å². The van der Waals surface area contributed by atoms with Gasteiger partial charge >= 0.3 is 0 Å². The van der Waals surface area contributed by atoms with E-state index in [1.165, 1.54) is 50.7 Å². The van der Waals surface area contributed by atoms with Crippen LogP contribution in [-0.2, 0) is 0 Å². The zero-order valence-electron chi connectivity index (χ0n) is 15.4. The van der Waals surface area contributed by atoms with Gasteiger partial charge in [0.25, 0.3) is 0 Å². The van der Waals surface area contributed by atoms with Crippen molar-refractivity contribution in [3.8, 4) is 23.1 Å². The van der Waals surface area contributed by atoms with Gasteiger partial charge in [-0.05, 0) is 74.4 Å². The van der Waals surface area contributed by atoms with Crippen LogP contribution in [0, 0.1) is 29.5 Å². The standard InChI is InChI=1S/C24H26FN/c1-2-3-4-5-19-6-8-20(9-7-19)10-11-21-12-17-24(26-18-21)22-13-15-23(25)16-14-22/h4-5,12-20H,2-3,6-9H2,1H3/b5-4+. The number of rotatable bonds is 4. The largest absolute Gasteiger partial charge is 0.255 e. The van der Waals surface area contributed by atoms with Crippen LogP contribution in [0.25, 0.3) is 11.3 Å². The van der Waals surface area contributed by atoms with Gasteiger partial charge in [-0.3, -0.25) is 4.98 Å².